The Morgan fingerprint density at radius 1 is 1.30 bits per heavy atom. The molecule has 0 radical (unpaired) electrons. The van der Waals surface area contributed by atoms with Gasteiger partial charge in [0.2, 0.25) is 5.91 Å². The highest BCUT2D eigenvalue weighted by Gasteiger charge is 2.27. The van der Waals surface area contributed by atoms with Gasteiger partial charge >= 0.3 is 0 Å². The average molecular weight is 346 g/mol. The summed E-state index contributed by atoms with van der Waals surface area (Å²) < 4.78 is 15.2. The van der Waals surface area contributed by atoms with E-state index in [1.807, 2.05) is 29.6 Å². The number of anilines is 1. The Morgan fingerprint density at radius 3 is 3.04 bits per heavy atom. The number of hydrogen-bond acceptors (Lipinski definition) is 2. The lowest BCUT2D eigenvalue weighted by molar-refractivity contribution is -0.117. The number of amides is 1. The van der Waals surface area contributed by atoms with Gasteiger partial charge in [0.1, 0.15) is 5.82 Å². The summed E-state index contributed by atoms with van der Waals surface area (Å²) >= 11 is 7.65. The Morgan fingerprint density at radius 2 is 2.17 bits per heavy atom. The molecule has 0 spiro atoms. The predicted molar refractivity (Wildman–Crippen MR) is 93.0 cm³/mol. The molecule has 0 fully saturated rings. The van der Waals surface area contributed by atoms with Crippen LogP contribution >= 0.6 is 22.9 Å². The minimum absolute atomic E-state index is 0.0754. The Balaban J connectivity index is 1.65. The van der Waals surface area contributed by atoms with E-state index >= 15 is 0 Å². The molecule has 0 saturated heterocycles. The van der Waals surface area contributed by atoms with E-state index in [-0.39, 0.29) is 18.1 Å². The summed E-state index contributed by atoms with van der Waals surface area (Å²) in [5.74, 6) is -0.403. The molecule has 2 heterocycles. The second-order valence-electron chi connectivity index (χ2n) is 5.62. The molecule has 0 N–H and O–H groups in total. The molecule has 0 unspecified atom stereocenters. The molecule has 2 aromatic carbocycles. The lowest BCUT2D eigenvalue weighted by atomic mass is 10.1. The van der Waals surface area contributed by atoms with Gasteiger partial charge in [0.25, 0.3) is 0 Å². The van der Waals surface area contributed by atoms with Crippen molar-refractivity contribution in [3.8, 4) is 0 Å². The second-order valence-corrected chi connectivity index (χ2v) is 6.97. The lowest BCUT2D eigenvalue weighted by Gasteiger charge is -2.17. The number of halogens is 2. The molecule has 0 bridgehead atoms. The van der Waals surface area contributed by atoms with Crippen molar-refractivity contribution in [3.05, 3.63) is 63.7 Å². The van der Waals surface area contributed by atoms with Crippen molar-refractivity contribution >= 4 is 44.6 Å². The molecule has 4 rings (SSSR count). The van der Waals surface area contributed by atoms with E-state index in [0.29, 0.717) is 23.7 Å². The first-order chi connectivity index (χ1) is 11.1. The van der Waals surface area contributed by atoms with Crippen molar-refractivity contribution in [2.45, 2.75) is 12.8 Å². The third kappa shape index (κ3) is 2.52. The van der Waals surface area contributed by atoms with Crippen molar-refractivity contribution in [1.82, 2.24) is 0 Å². The molecule has 1 aliphatic heterocycles. The predicted octanol–water partition coefficient (Wildman–Crippen LogP) is 4.83. The molecule has 0 saturated carbocycles. The van der Waals surface area contributed by atoms with Crippen LogP contribution in [0.25, 0.3) is 10.1 Å². The monoisotopic (exact) mass is 345 g/mol. The van der Waals surface area contributed by atoms with Crippen molar-refractivity contribution in [3.63, 3.8) is 0 Å². The number of carbonyl (C=O) groups is 1. The fourth-order valence-corrected chi connectivity index (χ4v) is 4.22. The Hall–Kier alpha value is -1.91. The van der Waals surface area contributed by atoms with E-state index in [1.54, 1.807) is 22.3 Å². The SMILES string of the molecule is O=C(Cc1csc2ccc(Cl)cc12)N1CCc2cccc(F)c21. The van der Waals surface area contributed by atoms with Gasteiger partial charge in [-0.2, -0.15) is 0 Å². The van der Waals surface area contributed by atoms with Gasteiger partial charge in [-0.3, -0.25) is 4.79 Å². The van der Waals surface area contributed by atoms with Crippen LogP contribution in [0.15, 0.2) is 41.8 Å². The number of carbonyl (C=O) groups excluding carboxylic acids is 1. The smallest absolute Gasteiger partial charge is 0.231 e. The number of thiophene rings is 1. The summed E-state index contributed by atoms with van der Waals surface area (Å²) in [7, 11) is 0. The normalized spacial score (nSPS) is 13.6. The molecule has 1 amide bonds. The zero-order valence-electron chi connectivity index (χ0n) is 12.2. The van der Waals surface area contributed by atoms with Crippen LogP contribution in [-0.4, -0.2) is 12.5 Å². The minimum atomic E-state index is -0.327. The lowest BCUT2D eigenvalue weighted by Crippen LogP contribution is -2.30. The maximum Gasteiger partial charge on any atom is 0.231 e. The van der Waals surface area contributed by atoms with Gasteiger partial charge in [0, 0.05) is 16.3 Å². The van der Waals surface area contributed by atoms with Crippen LogP contribution < -0.4 is 4.90 Å². The molecule has 116 valence electrons. The van der Waals surface area contributed by atoms with Crippen molar-refractivity contribution in [2.24, 2.45) is 0 Å². The van der Waals surface area contributed by atoms with E-state index in [0.717, 1.165) is 21.2 Å². The van der Waals surface area contributed by atoms with Crippen molar-refractivity contribution in [2.75, 3.05) is 11.4 Å². The average Bonchev–Trinajstić information content (AvgIpc) is 3.13. The summed E-state index contributed by atoms with van der Waals surface area (Å²) in [4.78, 5) is 14.3. The molecular formula is C18H13ClFNOS. The second kappa shape index (κ2) is 5.62. The first kappa shape index (κ1) is 14.7. The fraction of sp³-hybridized carbons (Fsp3) is 0.167. The number of nitrogens with zero attached hydrogens (tertiary/aromatic N) is 1. The number of para-hydroxylation sites is 1. The van der Waals surface area contributed by atoms with Gasteiger partial charge in [-0.05, 0) is 52.6 Å². The fourth-order valence-electron chi connectivity index (χ4n) is 3.11. The Bertz CT molecular complexity index is 921. The molecule has 1 aromatic heterocycles. The standard InChI is InChI=1S/C18H13ClFNOS/c19-13-4-5-16-14(9-13)12(10-23-16)8-17(22)21-7-6-11-2-1-3-15(20)18(11)21/h1-5,9-10H,6-8H2. The van der Waals surface area contributed by atoms with E-state index in [4.69, 9.17) is 11.6 Å². The van der Waals surface area contributed by atoms with Gasteiger partial charge in [-0.15, -0.1) is 11.3 Å². The molecule has 5 heteroatoms. The molecule has 2 nitrogen and oxygen atoms in total. The maximum absolute atomic E-state index is 14.1. The van der Waals surface area contributed by atoms with Crippen LogP contribution in [0.2, 0.25) is 5.02 Å². The van der Waals surface area contributed by atoms with Crippen LogP contribution in [0.5, 0.6) is 0 Å². The largest absolute Gasteiger partial charge is 0.309 e. The van der Waals surface area contributed by atoms with Gasteiger partial charge < -0.3 is 4.90 Å². The zero-order chi connectivity index (χ0) is 16.0. The molecule has 3 aromatic rings. The summed E-state index contributed by atoms with van der Waals surface area (Å²) in [6.45, 7) is 0.540. The van der Waals surface area contributed by atoms with Crippen LogP contribution in [0.3, 0.4) is 0 Å². The summed E-state index contributed by atoms with van der Waals surface area (Å²) in [6, 6.07) is 10.7. The minimum Gasteiger partial charge on any atom is -0.309 e. The Labute approximate surface area is 142 Å². The van der Waals surface area contributed by atoms with Gasteiger partial charge in [-0.1, -0.05) is 23.7 Å². The highest BCUT2D eigenvalue weighted by atomic mass is 35.5. The van der Waals surface area contributed by atoms with Gasteiger partial charge in [-0.25, -0.2) is 4.39 Å². The highest BCUT2D eigenvalue weighted by molar-refractivity contribution is 7.17. The van der Waals surface area contributed by atoms with E-state index in [1.165, 1.54) is 6.07 Å². The van der Waals surface area contributed by atoms with E-state index in [9.17, 15) is 9.18 Å². The number of rotatable bonds is 2. The molecule has 1 aliphatic rings. The van der Waals surface area contributed by atoms with Gasteiger partial charge in [0.15, 0.2) is 0 Å². The Kier molecular flexibility index (Phi) is 3.58. The van der Waals surface area contributed by atoms with E-state index in [2.05, 4.69) is 0 Å². The van der Waals surface area contributed by atoms with Crippen LogP contribution in [-0.2, 0) is 17.6 Å². The summed E-state index contributed by atoms with van der Waals surface area (Å²) in [5.41, 5.74) is 2.29. The third-order valence-electron chi connectivity index (χ3n) is 4.20. The van der Waals surface area contributed by atoms with E-state index < -0.39 is 0 Å². The van der Waals surface area contributed by atoms with Crippen LogP contribution in [0.4, 0.5) is 10.1 Å². The zero-order valence-corrected chi connectivity index (χ0v) is 13.8. The van der Waals surface area contributed by atoms with Crippen molar-refractivity contribution < 1.29 is 9.18 Å². The molecule has 0 atom stereocenters. The quantitative estimate of drug-likeness (QED) is 0.651. The van der Waals surface area contributed by atoms with Gasteiger partial charge in [0.05, 0.1) is 12.1 Å². The molecular weight excluding hydrogens is 333 g/mol. The first-order valence-corrected chi connectivity index (χ1v) is 8.62. The summed E-state index contributed by atoms with van der Waals surface area (Å²) in [5, 5.41) is 3.64. The number of benzene rings is 2. The third-order valence-corrected chi connectivity index (χ3v) is 5.45. The first-order valence-electron chi connectivity index (χ1n) is 7.37. The molecule has 23 heavy (non-hydrogen) atoms. The number of fused-ring (bicyclic) bond motifs is 2. The highest BCUT2D eigenvalue weighted by Crippen LogP contribution is 2.33. The maximum atomic E-state index is 14.1. The van der Waals surface area contributed by atoms with Crippen molar-refractivity contribution in [1.29, 1.82) is 0 Å². The van der Waals surface area contributed by atoms with Crippen LogP contribution in [0.1, 0.15) is 11.1 Å². The topological polar surface area (TPSA) is 20.3 Å². The van der Waals surface area contributed by atoms with Crippen LogP contribution in [0, 0.1) is 5.82 Å². The summed E-state index contributed by atoms with van der Waals surface area (Å²) in [6.07, 6.45) is 0.961. The number of hydrogen-bond donors (Lipinski definition) is 0. The molecule has 0 aliphatic carbocycles.